The van der Waals surface area contributed by atoms with Gasteiger partial charge in [0.25, 0.3) is 0 Å². The number of nitrogens with one attached hydrogen (secondary N) is 4. The molecule has 0 aromatic carbocycles. The highest BCUT2D eigenvalue weighted by Gasteiger charge is 2.34. The van der Waals surface area contributed by atoms with E-state index in [4.69, 9.17) is 5.73 Å². The Bertz CT molecular complexity index is 813. The van der Waals surface area contributed by atoms with E-state index < -0.39 is 47.9 Å². The van der Waals surface area contributed by atoms with Gasteiger partial charge in [0.2, 0.25) is 17.7 Å². The number of carboxylic acids is 1. The first kappa shape index (κ1) is 29.1. The molecule has 3 amide bonds. The molecule has 0 saturated heterocycles. The first-order valence-electron chi connectivity index (χ1n) is 11.8. The number of carbonyl (C=O) groups is 4. The maximum atomic E-state index is 13.1. The van der Waals surface area contributed by atoms with Crippen molar-refractivity contribution >= 4 is 23.7 Å². The van der Waals surface area contributed by atoms with Crippen LogP contribution >= 0.6 is 0 Å². The van der Waals surface area contributed by atoms with Crippen LogP contribution in [0, 0.1) is 17.8 Å². The maximum Gasteiger partial charge on any atom is 0.326 e. The molecule has 0 aliphatic rings. The Kier molecular flexibility index (Phi) is 11.7. The summed E-state index contributed by atoms with van der Waals surface area (Å²) in [6, 6.07) is -3.85. The van der Waals surface area contributed by atoms with Gasteiger partial charge in [-0.15, -0.1) is 0 Å². The number of aliphatic carboxylic acids is 1. The summed E-state index contributed by atoms with van der Waals surface area (Å²) in [4.78, 5) is 57.1. The number of aromatic nitrogens is 2. The number of hydrogen-bond acceptors (Lipinski definition) is 6. The zero-order valence-electron chi connectivity index (χ0n) is 20.9. The number of H-pyrrole nitrogens is 1. The van der Waals surface area contributed by atoms with Crippen molar-refractivity contribution in [1.29, 1.82) is 0 Å². The lowest BCUT2D eigenvalue weighted by Gasteiger charge is -2.29. The van der Waals surface area contributed by atoms with Crippen LogP contribution in [-0.2, 0) is 25.6 Å². The van der Waals surface area contributed by atoms with E-state index >= 15 is 0 Å². The second-order valence-corrected chi connectivity index (χ2v) is 9.19. The zero-order chi connectivity index (χ0) is 26.0. The number of imidazole rings is 1. The molecule has 0 bridgehead atoms. The van der Waals surface area contributed by atoms with Gasteiger partial charge in [0, 0.05) is 18.3 Å². The van der Waals surface area contributed by atoms with Gasteiger partial charge in [-0.1, -0.05) is 54.4 Å². The van der Waals surface area contributed by atoms with Crippen LogP contribution in [0.3, 0.4) is 0 Å². The molecule has 0 aliphatic heterocycles. The minimum atomic E-state index is -1.21. The van der Waals surface area contributed by atoms with Gasteiger partial charge in [0.05, 0.1) is 12.4 Å². The normalized spacial score (nSPS) is 16.6. The van der Waals surface area contributed by atoms with Crippen LogP contribution in [0.5, 0.6) is 0 Å². The third-order valence-corrected chi connectivity index (χ3v) is 6.19. The summed E-state index contributed by atoms with van der Waals surface area (Å²) >= 11 is 0. The van der Waals surface area contributed by atoms with Gasteiger partial charge < -0.3 is 31.8 Å². The standard InChI is InChI=1S/C23H40N6O5/c1-7-13(5)17(24)20(30)28-18(12(3)4)21(31)29-19(14(6)8-2)22(32)27-16(23(33)34)9-15-10-25-11-26-15/h10-14,16-19H,7-9,24H2,1-6H3,(H,25,26)(H,27,32)(H,28,30)(H,29,31)(H,33,34). The fraction of sp³-hybridized carbons (Fsp3) is 0.696. The molecule has 0 spiro atoms. The fourth-order valence-corrected chi connectivity index (χ4v) is 3.32. The lowest BCUT2D eigenvalue weighted by molar-refractivity contribution is -0.142. The van der Waals surface area contributed by atoms with Crippen molar-refractivity contribution < 1.29 is 24.3 Å². The average molecular weight is 481 g/mol. The molecule has 11 heteroatoms. The summed E-state index contributed by atoms with van der Waals surface area (Å²) in [6.07, 6.45) is 4.20. The third-order valence-electron chi connectivity index (χ3n) is 6.19. The number of aromatic amines is 1. The van der Waals surface area contributed by atoms with Crippen LogP contribution in [0.2, 0.25) is 0 Å². The molecule has 0 aliphatic carbocycles. The molecular weight excluding hydrogens is 440 g/mol. The van der Waals surface area contributed by atoms with E-state index in [1.54, 1.807) is 20.8 Å². The van der Waals surface area contributed by atoms with Crippen LogP contribution in [0.4, 0.5) is 0 Å². The van der Waals surface area contributed by atoms with Crippen molar-refractivity contribution in [2.45, 2.75) is 85.0 Å². The lowest BCUT2D eigenvalue weighted by atomic mass is 9.95. The molecule has 1 aromatic heterocycles. The third kappa shape index (κ3) is 8.44. The summed E-state index contributed by atoms with van der Waals surface area (Å²) < 4.78 is 0. The molecule has 1 heterocycles. The summed E-state index contributed by atoms with van der Waals surface area (Å²) in [5.74, 6) is -3.38. The van der Waals surface area contributed by atoms with Crippen molar-refractivity contribution in [2.75, 3.05) is 0 Å². The SMILES string of the molecule is CCC(C)C(N)C(=O)NC(C(=O)NC(C(=O)NC(Cc1cnc[nH]1)C(=O)O)C(C)CC)C(C)C. The predicted octanol–water partition coefficient (Wildman–Crippen LogP) is 0.567. The van der Waals surface area contributed by atoms with Crippen molar-refractivity contribution in [1.82, 2.24) is 25.9 Å². The maximum absolute atomic E-state index is 13.1. The van der Waals surface area contributed by atoms with Crippen molar-refractivity contribution in [3.63, 3.8) is 0 Å². The Labute approximate surface area is 201 Å². The summed E-state index contributed by atoms with van der Waals surface area (Å²) in [5.41, 5.74) is 6.56. The molecule has 192 valence electrons. The van der Waals surface area contributed by atoms with E-state index in [9.17, 15) is 24.3 Å². The van der Waals surface area contributed by atoms with Crippen LogP contribution in [-0.4, -0.2) is 62.9 Å². The summed E-state index contributed by atoms with van der Waals surface area (Å²) in [6.45, 7) is 11.0. The van der Waals surface area contributed by atoms with Gasteiger partial charge in [-0.2, -0.15) is 0 Å². The van der Waals surface area contributed by atoms with Crippen molar-refractivity contribution in [3.05, 3.63) is 18.2 Å². The molecule has 1 aromatic rings. The second kappa shape index (κ2) is 13.7. The Balaban J connectivity index is 2.98. The van der Waals surface area contributed by atoms with Gasteiger partial charge in [0.1, 0.15) is 18.1 Å². The average Bonchev–Trinajstić information content (AvgIpc) is 3.31. The number of nitrogens with zero attached hydrogens (tertiary/aromatic N) is 1. The van der Waals surface area contributed by atoms with Crippen molar-refractivity contribution in [3.8, 4) is 0 Å². The van der Waals surface area contributed by atoms with Crippen LogP contribution in [0.15, 0.2) is 12.5 Å². The highest BCUT2D eigenvalue weighted by Crippen LogP contribution is 2.12. The van der Waals surface area contributed by atoms with Crippen LogP contribution < -0.4 is 21.7 Å². The Morgan fingerprint density at radius 2 is 1.50 bits per heavy atom. The topological polar surface area (TPSA) is 179 Å². The Morgan fingerprint density at radius 3 is 1.97 bits per heavy atom. The molecule has 34 heavy (non-hydrogen) atoms. The lowest BCUT2D eigenvalue weighted by Crippen LogP contribution is -2.60. The quantitative estimate of drug-likeness (QED) is 0.225. The molecule has 6 atom stereocenters. The predicted molar refractivity (Wildman–Crippen MR) is 127 cm³/mol. The number of amides is 3. The van der Waals surface area contributed by atoms with E-state index in [1.807, 2.05) is 20.8 Å². The van der Waals surface area contributed by atoms with Gasteiger partial charge in [-0.3, -0.25) is 14.4 Å². The highest BCUT2D eigenvalue weighted by molar-refractivity contribution is 5.94. The molecule has 0 fully saturated rings. The molecule has 7 N–H and O–H groups in total. The van der Waals surface area contributed by atoms with E-state index in [1.165, 1.54) is 12.5 Å². The molecule has 0 radical (unpaired) electrons. The zero-order valence-corrected chi connectivity index (χ0v) is 20.9. The van der Waals surface area contributed by atoms with Crippen LogP contribution in [0.25, 0.3) is 0 Å². The number of carboxylic acid groups (broad SMARTS) is 1. The molecule has 0 saturated carbocycles. The smallest absolute Gasteiger partial charge is 0.326 e. The minimum Gasteiger partial charge on any atom is -0.480 e. The Hall–Kier alpha value is -2.95. The molecular formula is C23H40N6O5. The van der Waals surface area contributed by atoms with E-state index in [0.29, 0.717) is 18.5 Å². The minimum absolute atomic E-state index is 0.0143. The number of hydrogen-bond donors (Lipinski definition) is 6. The Morgan fingerprint density at radius 1 is 0.941 bits per heavy atom. The summed E-state index contributed by atoms with van der Waals surface area (Å²) in [5, 5.41) is 17.5. The largest absolute Gasteiger partial charge is 0.480 e. The molecule has 1 rings (SSSR count). The molecule has 11 nitrogen and oxygen atoms in total. The van der Waals surface area contributed by atoms with Gasteiger partial charge >= 0.3 is 5.97 Å². The van der Waals surface area contributed by atoms with Crippen LogP contribution in [0.1, 0.15) is 60.1 Å². The monoisotopic (exact) mass is 480 g/mol. The molecule has 6 unspecified atom stereocenters. The first-order chi connectivity index (χ1) is 15.9. The van der Waals surface area contributed by atoms with Gasteiger partial charge in [0.15, 0.2) is 0 Å². The highest BCUT2D eigenvalue weighted by atomic mass is 16.4. The van der Waals surface area contributed by atoms with Gasteiger partial charge in [-0.05, 0) is 17.8 Å². The van der Waals surface area contributed by atoms with Gasteiger partial charge in [-0.25, -0.2) is 9.78 Å². The first-order valence-corrected chi connectivity index (χ1v) is 11.8. The number of carbonyl (C=O) groups excluding carboxylic acids is 3. The van der Waals surface area contributed by atoms with E-state index in [0.717, 1.165) is 0 Å². The fourth-order valence-electron chi connectivity index (χ4n) is 3.32. The number of nitrogens with two attached hydrogens (primary N) is 1. The van der Waals surface area contributed by atoms with E-state index in [2.05, 4.69) is 25.9 Å². The second-order valence-electron chi connectivity index (χ2n) is 9.19. The van der Waals surface area contributed by atoms with E-state index in [-0.39, 0.29) is 24.2 Å². The van der Waals surface area contributed by atoms with Crippen molar-refractivity contribution in [2.24, 2.45) is 23.5 Å². The number of rotatable bonds is 14. The summed E-state index contributed by atoms with van der Waals surface area (Å²) in [7, 11) is 0.